The minimum atomic E-state index is -0.551. The van der Waals surface area contributed by atoms with Crippen molar-refractivity contribution < 1.29 is 19.1 Å². The van der Waals surface area contributed by atoms with Gasteiger partial charge in [-0.1, -0.05) is 55.4 Å². The van der Waals surface area contributed by atoms with Gasteiger partial charge in [-0.3, -0.25) is 4.79 Å². The van der Waals surface area contributed by atoms with Crippen LogP contribution in [0.15, 0.2) is 51.6 Å². The van der Waals surface area contributed by atoms with Crippen molar-refractivity contribution in [3.8, 4) is 0 Å². The van der Waals surface area contributed by atoms with Crippen molar-refractivity contribution >= 4 is 40.4 Å². The second kappa shape index (κ2) is 11.0. The average Bonchev–Trinajstić information content (AvgIpc) is 3.13. The van der Waals surface area contributed by atoms with Gasteiger partial charge in [0.2, 0.25) is 5.91 Å². The first-order valence-corrected chi connectivity index (χ1v) is 11.7. The molecule has 1 aromatic carbocycles. The number of fused-ring (bicyclic) bond motifs is 1. The molecule has 1 unspecified atom stereocenters. The highest BCUT2D eigenvalue weighted by Gasteiger charge is 2.41. The number of methoxy groups -OCH3 is 1. The number of carbonyl (C=O) groups is 2. The van der Waals surface area contributed by atoms with E-state index in [0.717, 1.165) is 11.3 Å². The van der Waals surface area contributed by atoms with Crippen LogP contribution in [0.25, 0.3) is 0 Å². The third kappa shape index (κ3) is 5.54. The van der Waals surface area contributed by atoms with Gasteiger partial charge in [-0.05, 0) is 29.9 Å². The Bertz CT molecular complexity index is 974. The second-order valence-electron chi connectivity index (χ2n) is 7.92. The lowest BCUT2D eigenvalue weighted by molar-refractivity contribution is -0.141. The summed E-state index contributed by atoms with van der Waals surface area (Å²) in [5.74, 6) is -0.207. The second-order valence-corrected chi connectivity index (χ2v) is 9.16. The zero-order valence-corrected chi connectivity index (χ0v) is 20.3. The van der Waals surface area contributed by atoms with Gasteiger partial charge in [-0.25, -0.2) is 9.79 Å². The maximum Gasteiger partial charge on any atom is 0.338 e. The number of ether oxygens (including phenoxy) is 2. The third-order valence-electron chi connectivity index (χ3n) is 4.99. The van der Waals surface area contributed by atoms with E-state index in [1.807, 2.05) is 42.4 Å². The minimum Gasteiger partial charge on any atom is -0.460 e. The summed E-state index contributed by atoms with van der Waals surface area (Å²) in [7, 11) is 1.55. The Morgan fingerprint density at radius 2 is 2.03 bits per heavy atom. The fraction of sp³-hybridized carbons (Fsp3) is 0.435. The molecule has 32 heavy (non-hydrogen) atoms. The summed E-state index contributed by atoms with van der Waals surface area (Å²) < 4.78 is 10.4. The molecular weight excluding hydrogens is 450 g/mol. The zero-order valence-electron chi connectivity index (χ0n) is 18.7. The van der Waals surface area contributed by atoms with Gasteiger partial charge in [-0.2, -0.15) is 0 Å². The largest absolute Gasteiger partial charge is 0.460 e. The number of rotatable bonds is 9. The number of allylic oxidation sites excluding steroid dienone is 1. The van der Waals surface area contributed by atoms with E-state index in [4.69, 9.17) is 21.1 Å². The molecule has 0 radical (unpaired) electrons. The summed E-state index contributed by atoms with van der Waals surface area (Å²) in [6.07, 6.45) is 0.171. The summed E-state index contributed by atoms with van der Waals surface area (Å²) in [4.78, 5) is 32.2. The van der Waals surface area contributed by atoms with E-state index in [2.05, 4.69) is 10.3 Å². The molecule has 0 saturated carbocycles. The molecule has 1 atom stereocenters. The van der Waals surface area contributed by atoms with Crippen LogP contribution in [0.3, 0.4) is 0 Å². The number of nitrogens with one attached hydrogen (secondary N) is 1. The number of aliphatic imine (C=N–C) groups is 1. The molecule has 9 heteroatoms. The molecular formula is C23H28ClN3O4S. The fourth-order valence-electron chi connectivity index (χ4n) is 3.46. The summed E-state index contributed by atoms with van der Waals surface area (Å²) in [5.41, 5.74) is 2.47. The van der Waals surface area contributed by atoms with Gasteiger partial charge in [-0.15, -0.1) is 0 Å². The van der Waals surface area contributed by atoms with E-state index in [0.29, 0.717) is 40.5 Å². The van der Waals surface area contributed by atoms with Crippen molar-refractivity contribution in [1.82, 2.24) is 10.2 Å². The van der Waals surface area contributed by atoms with E-state index in [-0.39, 0.29) is 18.9 Å². The van der Waals surface area contributed by atoms with Gasteiger partial charge < -0.3 is 19.7 Å². The first-order chi connectivity index (χ1) is 15.3. The first kappa shape index (κ1) is 24.4. The number of hydrogen-bond acceptors (Lipinski definition) is 7. The monoisotopic (exact) mass is 477 g/mol. The molecule has 2 heterocycles. The van der Waals surface area contributed by atoms with Crippen molar-refractivity contribution in [2.75, 3.05) is 26.9 Å². The minimum absolute atomic E-state index is 0.0831. The van der Waals surface area contributed by atoms with Gasteiger partial charge in [0.15, 0.2) is 5.17 Å². The van der Waals surface area contributed by atoms with Crippen LogP contribution in [-0.2, 0) is 19.1 Å². The van der Waals surface area contributed by atoms with Crippen LogP contribution in [0.1, 0.15) is 38.8 Å². The molecule has 0 bridgehead atoms. The molecule has 0 fully saturated rings. The molecule has 2 aliphatic rings. The molecule has 0 aromatic heterocycles. The maximum absolute atomic E-state index is 13.1. The quantitative estimate of drug-likeness (QED) is 0.422. The molecule has 1 amide bonds. The summed E-state index contributed by atoms with van der Waals surface area (Å²) in [6, 6.07) is 6.83. The highest BCUT2D eigenvalue weighted by Crippen LogP contribution is 2.46. The smallest absolute Gasteiger partial charge is 0.338 e. The summed E-state index contributed by atoms with van der Waals surface area (Å²) in [6.45, 7) is 6.90. The molecule has 1 aromatic rings. The van der Waals surface area contributed by atoms with Crippen molar-refractivity contribution in [3.05, 3.63) is 57.2 Å². The SMILES string of the molecule is COCCOC(=O)C1=C(C)N=C2SC=C(CC(=O)NCC(C)C)N2C1c1ccccc1Cl. The van der Waals surface area contributed by atoms with E-state index >= 15 is 0 Å². The van der Waals surface area contributed by atoms with E-state index in [1.165, 1.54) is 11.8 Å². The van der Waals surface area contributed by atoms with E-state index < -0.39 is 12.0 Å². The predicted octanol–water partition coefficient (Wildman–Crippen LogP) is 4.27. The number of thioether (sulfide) groups is 1. The van der Waals surface area contributed by atoms with Crippen molar-refractivity contribution in [2.24, 2.45) is 10.9 Å². The van der Waals surface area contributed by atoms with Crippen LogP contribution >= 0.6 is 23.4 Å². The van der Waals surface area contributed by atoms with Gasteiger partial charge >= 0.3 is 5.97 Å². The number of amidine groups is 1. The summed E-state index contributed by atoms with van der Waals surface area (Å²) >= 11 is 7.99. The standard InChI is InChI=1S/C23H28ClN3O4S/c1-14(2)12-25-19(28)11-16-13-32-23-26-15(3)20(22(29)31-10-9-30-4)21(27(16)23)17-7-5-6-8-18(17)24/h5-8,13-14,21H,9-12H2,1-4H3,(H,25,28). The topological polar surface area (TPSA) is 80.2 Å². The molecule has 1 N–H and O–H groups in total. The Morgan fingerprint density at radius 1 is 1.28 bits per heavy atom. The Hall–Kier alpha value is -2.29. The Labute approximate surface area is 197 Å². The molecule has 172 valence electrons. The number of nitrogens with zero attached hydrogens (tertiary/aromatic N) is 2. The number of benzene rings is 1. The normalized spacial score (nSPS) is 17.8. The van der Waals surface area contributed by atoms with Gasteiger partial charge in [0, 0.05) is 24.4 Å². The number of hydrogen-bond donors (Lipinski definition) is 1. The van der Waals surface area contributed by atoms with Gasteiger partial charge in [0.1, 0.15) is 6.61 Å². The molecule has 0 spiro atoms. The van der Waals surface area contributed by atoms with Crippen molar-refractivity contribution in [3.63, 3.8) is 0 Å². The summed E-state index contributed by atoms with van der Waals surface area (Å²) in [5, 5.41) is 6.08. The number of esters is 1. The third-order valence-corrected chi connectivity index (χ3v) is 6.22. The lowest BCUT2D eigenvalue weighted by Gasteiger charge is -2.36. The maximum atomic E-state index is 13.1. The molecule has 7 nitrogen and oxygen atoms in total. The van der Waals surface area contributed by atoms with E-state index in [1.54, 1.807) is 20.1 Å². The van der Waals surface area contributed by atoms with Crippen LogP contribution in [0.5, 0.6) is 0 Å². The van der Waals surface area contributed by atoms with Gasteiger partial charge in [0.25, 0.3) is 0 Å². The molecule has 0 saturated heterocycles. The number of halogens is 1. The van der Waals surface area contributed by atoms with Crippen LogP contribution in [-0.4, -0.2) is 48.8 Å². The molecule has 3 rings (SSSR count). The van der Waals surface area contributed by atoms with Crippen molar-refractivity contribution in [1.29, 1.82) is 0 Å². The van der Waals surface area contributed by atoms with Crippen LogP contribution < -0.4 is 5.32 Å². The van der Waals surface area contributed by atoms with Crippen LogP contribution in [0.4, 0.5) is 0 Å². The molecule has 2 aliphatic heterocycles. The predicted molar refractivity (Wildman–Crippen MR) is 127 cm³/mol. The van der Waals surface area contributed by atoms with Gasteiger partial charge in [0.05, 0.1) is 30.3 Å². The van der Waals surface area contributed by atoms with Crippen molar-refractivity contribution in [2.45, 2.75) is 33.2 Å². The lowest BCUT2D eigenvalue weighted by atomic mass is 9.93. The molecule has 0 aliphatic carbocycles. The Kier molecular flexibility index (Phi) is 8.39. The van der Waals surface area contributed by atoms with Crippen LogP contribution in [0.2, 0.25) is 5.02 Å². The highest BCUT2D eigenvalue weighted by molar-refractivity contribution is 8.16. The number of amides is 1. The van der Waals surface area contributed by atoms with E-state index in [9.17, 15) is 9.59 Å². The lowest BCUT2D eigenvalue weighted by Crippen LogP contribution is -2.38. The highest BCUT2D eigenvalue weighted by atomic mass is 35.5. The zero-order chi connectivity index (χ0) is 23.3. The van der Waals surface area contributed by atoms with Crippen LogP contribution in [0, 0.1) is 5.92 Å². The Balaban J connectivity index is 1.96. The number of carbonyl (C=O) groups excluding carboxylic acids is 2. The Morgan fingerprint density at radius 3 is 2.72 bits per heavy atom. The fourth-order valence-corrected chi connectivity index (χ4v) is 4.67. The average molecular weight is 478 g/mol. The first-order valence-electron chi connectivity index (χ1n) is 10.4.